The molecule has 0 bridgehead atoms. The van der Waals surface area contributed by atoms with Gasteiger partial charge in [-0.1, -0.05) is 104 Å². The van der Waals surface area contributed by atoms with Gasteiger partial charge in [0.25, 0.3) is 11.8 Å². The van der Waals surface area contributed by atoms with E-state index in [2.05, 4.69) is 111 Å². The number of rotatable bonds is 27. The van der Waals surface area contributed by atoms with Crippen LogP contribution in [0.1, 0.15) is 140 Å². The van der Waals surface area contributed by atoms with Crippen LogP contribution >= 0.6 is 79.4 Å². The summed E-state index contributed by atoms with van der Waals surface area (Å²) in [5.74, 6) is 2.22. The zero-order valence-corrected chi connectivity index (χ0v) is 51.0. The maximum absolute atomic E-state index is 15.2. The summed E-state index contributed by atoms with van der Waals surface area (Å²) in [4.78, 5) is 47.9. The number of thiophene rings is 7. The third-order valence-corrected chi connectivity index (χ3v) is 23.5. The van der Waals surface area contributed by atoms with Gasteiger partial charge in [-0.3, -0.25) is 9.59 Å². The molecule has 0 fully saturated rings. The summed E-state index contributed by atoms with van der Waals surface area (Å²) in [5, 5.41) is 4.56. The number of furan rings is 2. The average Bonchev–Trinajstić information content (AvgIpc) is 4.48. The van der Waals surface area contributed by atoms with Gasteiger partial charge in [0.1, 0.15) is 22.9 Å². The van der Waals surface area contributed by atoms with Crippen molar-refractivity contribution < 1.29 is 18.4 Å². The number of fused-ring (bicyclic) bond motifs is 3. The Morgan fingerprint density at radius 3 is 1.32 bits per heavy atom. The Bertz CT molecular complexity index is 3760. The molecule has 2 aliphatic rings. The number of unbranched alkanes of at least 4 members (excludes halogenated alkanes) is 13. The van der Waals surface area contributed by atoms with Crippen LogP contribution in [0.2, 0.25) is 0 Å². The lowest BCUT2D eigenvalue weighted by atomic mass is 10.1. The quantitative estimate of drug-likeness (QED) is 0.0481. The normalized spacial score (nSPS) is 13.9. The smallest absolute Gasteiger partial charge is 0.261 e. The number of carbonyl (C=O) groups excluding carboxylic acids is 2. The fraction of sp³-hybridized carbons (Fsp3) is 0.333. The molecule has 10 aromatic rings. The van der Waals surface area contributed by atoms with Crippen LogP contribution in [-0.4, -0.2) is 34.7 Å². The summed E-state index contributed by atoms with van der Waals surface area (Å²) in [7, 11) is 0. The minimum absolute atomic E-state index is 0.157. The summed E-state index contributed by atoms with van der Waals surface area (Å²) in [6.45, 7) is 7.74. The van der Waals surface area contributed by atoms with E-state index in [0.717, 1.165) is 59.8 Å². The average molecular weight is 1180 g/mol. The van der Waals surface area contributed by atoms with Crippen LogP contribution in [0, 0.1) is 0 Å². The van der Waals surface area contributed by atoms with E-state index in [-0.39, 0.29) is 11.8 Å². The largest absolute Gasteiger partial charge is 0.454 e. The molecule has 0 radical (unpaired) electrons. The van der Waals surface area contributed by atoms with Crippen molar-refractivity contribution in [3.05, 3.63) is 142 Å². The Kier molecular flexibility index (Phi) is 17.0. The van der Waals surface area contributed by atoms with Gasteiger partial charge >= 0.3 is 0 Å². The number of benzene rings is 1. The van der Waals surface area contributed by atoms with Crippen molar-refractivity contribution >= 4 is 123 Å². The van der Waals surface area contributed by atoms with Gasteiger partial charge in [0.05, 0.1) is 20.9 Å². The highest BCUT2D eigenvalue weighted by atomic mass is 32.1. The Morgan fingerprint density at radius 2 is 0.785 bits per heavy atom. The first kappa shape index (κ1) is 54.2. The molecular weight excluding hydrogens is 1110 g/mol. The molecule has 6 nitrogen and oxygen atoms in total. The highest BCUT2D eigenvalue weighted by Gasteiger charge is 2.50. The first-order valence-corrected chi connectivity index (χ1v) is 34.4. The van der Waals surface area contributed by atoms with Crippen LogP contribution < -0.4 is 0 Å². The van der Waals surface area contributed by atoms with Crippen molar-refractivity contribution in [3.8, 4) is 60.3 Å². The lowest BCUT2D eigenvalue weighted by molar-refractivity contribution is -0.124. The van der Waals surface area contributed by atoms with E-state index in [0.29, 0.717) is 47.2 Å². The molecule has 0 unspecified atom stereocenters. The number of aryl methyl sites for hydroxylation is 1. The van der Waals surface area contributed by atoms with E-state index in [1.165, 1.54) is 135 Å². The number of nitrogens with zero attached hydrogens (tertiary/aromatic N) is 2. The maximum atomic E-state index is 15.2. The van der Waals surface area contributed by atoms with E-state index in [1.807, 2.05) is 79.4 Å². The summed E-state index contributed by atoms with van der Waals surface area (Å²) in [5.41, 5.74) is 2.01. The molecule has 79 heavy (non-hydrogen) atoms. The van der Waals surface area contributed by atoms with Crippen LogP contribution in [0.3, 0.4) is 0 Å². The van der Waals surface area contributed by atoms with E-state index in [9.17, 15) is 0 Å². The predicted molar refractivity (Wildman–Crippen MR) is 342 cm³/mol. The second kappa shape index (κ2) is 24.8. The van der Waals surface area contributed by atoms with Crippen molar-refractivity contribution in [2.45, 2.75) is 130 Å². The standard InChI is InChI=1S/C66H66N2O4S7/c1-4-7-10-13-15-18-36-67-63(61-62(66(67)70)64(68(65(61)69)37-19-16-14-11-8-5-2)48-25-23-46(72-48)60-41-43-40-58-42(35-38-73-58)39-59(43)79-60)47-24-22-45(71-47)49-27-28-52(75-49)53-31-32-56(77-53)57-34-33-55(78-57)54-30-29-51(76-54)50-26-21-44(74-50)20-17-12-9-6-3/h21-35,38-41H,4-20,36-37H2,1-3H3. The molecule has 0 aliphatic carbocycles. The summed E-state index contributed by atoms with van der Waals surface area (Å²) >= 11 is 12.7. The van der Waals surface area contributed by atoms with E-state index in [1.54, 1.807) is 34.0 Å². The van der Waals surface area contributed by atoms with Crippen LogP contribution in [-0.2, 0) is 16.0 Å². The molecule has 406 valence electrons. The molecule has 11 heterocycles. The van der Waals surface area contributed by atoms with Gasteiger partial charge in [-0.05, 0) is 151 Å². The summed E-state index contributed by atoms with van der Waals surface area (Å²) in [6, 6.07) is 39.4. The van der Waals surface area contributed by atoms with E-state index < -0.39 is 0 Å². The minimum Gasteiger partial charge on any atom is -0.454 e. The molecule has 13 heteroatoms. The molecule has 2 aliphatic heterocycles. The van der Waals surface area contributed by atoms with Crippen molar-refractivity contribution in [2.75, 3.05) is 13.1 Å². The van der Waals surface area contributed by atoms with Gasteiger partial charge in [-0.2, -0.15) is 0 Å². The Balaban J connectivity index is 0.816. The lowest BCUT2D eigenvalue weighted by Crippen LogP contribution is -2.31. The van der Waals surface area contributed by atoms with Gasteiger partial charge in [-0.25, -0.2) is 0 Å². The zero-order valence-electron chi connectivity index (χ0n) is 45.3. The van der Waals surface area contributed by atoms with Gasteiger partial charge in [0, 0.05) is 66.4 Å². The fourth-order valence-electron chi connectivity index (χ4n) is 11.0. The topological polar surface area (TPSA) is 66.9 Å². The van der Waals surface area contributed by atoms with Crippen molar-refractivity contribution in [1.29, 1.82) is 0 Å². The Hall–Kier alpha value is -5.38. The SMILES string of the molecule is CCCCCCCCN1C(=O)C2=C(c3ccc(-c4cc5cc6sccc6cc5s4)o3)N(CCCCCCCC)C(=O)C2=C1c1ccc(-c2ccc(-c3ccc(-c4ccc(-c5ccc(-c6ccc(CCCCCC)s6)s5)s4)s3)s2)o1. The third-order valence-electron chi connectivity index (χ3n) is 15.2. The molecule has 0 spiro atoms. The second-order valence-corrected chi connectivity index (χ2v) is 28.5. The minimum atomic E-state index is -0.157. The number of amides is 2. The molecule has 0 saturated heterocycles. The first-order chi connectivity index (χ1) is 38.8. The molecule has 0 saturated carbocycles. The van der Waals surface area contributed by atoms with Gasteiger partial charge in [0.15, 0.2) is 11.5 Å². The highest BCUT2D eigenvalue weighted by molar-refractivity contribution is 7.30. The molecule has 0 N–H and O–H groups in total. The summed E-state index contributed by atoms with van der Waals surface area (Å²) < 4.78 is 16.1. The van der Waals surface area contributed by atoms with Crippen molar-refractivity contribution in [1.82, 2.24) is 9.80 Å². The lowest BCUT2D eigenvalue weighted by Gasteiger charge is -2.23. The highest BCUT2D eigenvalue weighted by Crippen LogP contribution is 2.50. The monoisotopic (exact) mass is 1170 g/mol. The molecule has 12 rings (SSSR count). The van der Waals surface area contributed by atoms with Crippen LogP contribution in [0.4, 0.5) is 0 Å². The molecule has 9 aromatic heterocycles. The third kappa shape index (κ3) is 11.5. The second-order valence-electron chi connectivity index (χ2n) is 20.9. The van der Waals surface area contributed by atoms with Gasteiger partial charge in [-0.15, -0.1) is 79.4 Å². The van der Waals surface area contributed by atoms with Crippen LogP contribution in [0.25, 0.3) is 91.9 Å². The van der Waals surface area contributed by atoms with Crippen molar-refractivity contribution in [3.63, 3.8) is 0 Å². The van der Waals surface area contributed by atoms with Crippen LogP contribution in [0.15, 0.2) is 135 Å². The number of hydrogen-bond donors (Lipinski definition) is 0. The fourth-order valence-corrected chi connectivity index (χ4v) is 18.3. The molecule has 2 amide bonds. The first-order valence-electron chi connectivity index (χ1n) is 28.6. The van der Waals surface area contributed by atoms with E-state index in [4.69, 9.17) is 8.83 Å². The van der Waals surface area contributed by atoms with E-state index >= 15 is 9.59 Å². The summed E-state index contributed by atoms with van der Waals surface area (Å²) in [6.07, 6.45) is 19.4. The van der Waals surface area contributed by atoms with Crippen LogP contribution in [0.5, 0.6) is 0 Å². The molecule has 1 aromatic carbocycles. The number of hydrogen-bond acceptors (Lipinski definition) is 11. The molecular formula is C66H66N2O4S7. The van der Waals surface area contributed by atoms with Gasteiger partial charge < -0.3 is 18.6 Å². The van der Waals surface area contributed by atoms with Gasteiger partial charge in [0.2, 0.25) is 0 Å². The zero-order chi connectivity index (χ0) is 53.8. The van der Waals surface area contributed by atoms with Crippen molar-refractivity contribution in [2.24, 2.45) is 0 Å². The maximum Gasteiger partial charge on any atom is 0.261 e. The Morgan fingerprint density at radius 1 is 0.367 bits per heavy atom. The Labute approximate surface area is 492 Å². The predicted octanol–water partition coefficient (Wildman–Crippen LogP) is 22.3. The molecule has 0 atom stereocenters. The number of carbonyl (C=O) groups is 2.